The van der Waals surface area contributed by atoms with Crippen molar-refractivity contribution in [2.75, 3.05) is 13.1 Å². The first-order valence-electron chi connectivity index (χ1n) is 8.56. The van der Waals surface area contributed by atoms with Gasteiger partial charge in [0, 0.05) is 25.2 Å². The number of rotatable bonds is 6. The highest BCUT2D eigenvalue weighted by atomic mass is 19.1. The van der Waals surface area contributed by atoms with Crippen molar-refractivity contribution in [1.82, 2.24) is 10.6 Å². The molecule has 2 aromatic carbocycles. The number of nitro benzene ring substituents is 2. The van der Waals surface area contributed by atoms with E-state index in [0.717, 1.165) is 36.4 Å². The van der Waals surface area contributed by atoms with E-state index < -0.39 is 44.7 Å². The number of nitrogens with one attached hydrogen (secondary N) is 2. The van der Waals surface area contributed by atoms with Gasteiger partial charge in [-0.3, -0.25) is 29.8 Å². The fourth-order valence-corrected chi connectivity index (χ4v) is 2.21. The molecule has 2 rings (SSSR count). The lowest BCUT2D eigenvalue weighted by molar-refractivity contribution is -0.385. The van der Waals surface area contributed by atoms with Gasteiger partial charge in [-0.1, -0.05) is 0 Å². The molecule has 0 fully saturated rings. The number of carbonyl (C=O) groups excluding carboxylic acids is 2. The number of carbonyl (C=O) groups is 2. The average molecular weight is 424 g/mol. The molecule has 12 heteroatoms. The summed E-state index contributed by atoms with van der Waals surface area (Å²) in [5, 5.41) is 25.8. The summed E-state index contributed by atoms with van der Waals surface area (Å²) in [5.74, 6) is -2.66. The molecule has 10 nitrogen and oxygen atoms in total. The molecule has 0 radical (unpaired) electrons. The van der Waals surface area contributed by atoms with Gasteiger partial charge in [-0.2, -0.15) is 0 Å². The maximum absolute atomic E-state index is 12.8. The van der Waals surface area contributed by atoms with Crippen LogP contribution in [0.15, 0.2) is 36.4 Å². The lowest BCUT2D eigenvalue weighted by atomic mass is 10.1. The van der Waals surface area contributed by atoms with Crippen LogP contribution < -0.4 is 10.6 Å². The number of benzene rings is 2. The first-order valence-corrected chi connectivity index (χ1v) is 8.56. The second-order valence-electron chi connectivity index (χ2n) is 5.56. The van der Waals surface area contributed by atoms with Crippen LogP contribution in [0, 0.1) is 31.9 Å². The average Bonchev–Trinajstić information content (AvgIpc) is 2.68. The van der Waals surface area contributed by atoms with Gasteiger partial charge in [0.15, 0.2) is 0 Å². The molecule has 2 amide bonds. The third-order valence-corrected chi connectivity index (χ3v) is 3.47. The molecule has 0 saturated carbocycles. The second-order valence-corrected chi connectivity index (χ2v) is 5.56. The van der Waals surface area contributed by atoms with Crippen LogP contribution in [0.25, 0.3) is 0 Å². The molecule has 0 unspecified atom stereocenters. The molecule has 0 atom stereocenters. The van der Waals surface area contributed by atoms with Crippen molar-refractivity contribution in [2.45, 2.75) is 13.8 Å². The van der Waals surface area contributed by atoms with E-state index in [4.69, 9.17) is 0 Å². The smallest absolute Gasteiger partial charge is 0.282 e. The van der Waals surface area contributed by atoms with E-state index in [1.54, 1.807) is 13.8 Å². The summed E-state index contributed by atoms with van der Waals surface area (Å²) in [7, 11) is 0. The van der Waals surface area contributed by atoms with Gasteiger partial charge in [0.05, 0.1) is 9.85 Å². The van der Waals surface area contributed by atoms with Crippen LogP contribution >= 0.6 is 0 Å². The number of nitro groups is 2. The summed E-state index contributed by atoms with van der Waals surface area (Å²) in [6.07, 6.45) is 0. The molecule has 0 heterocycles. The predicted molar refractivity (Wildman–Crippen MR) is 102 cm³/mol. The summed E-state index contributed by atoms with van der Waals surface area (Å²) in [6, 6.07) is 5.54. The SMILES string of the molecule is CCNC(=O)c1cc(F)ccc1[N+](=O)[O-].CCNC(=O)c1cc(F)ccc1[N+](=O)[O-]. The lowest BCUT2D eigenvalue weighted by Crippen LogP contribution is -2.23. The van der Waals surface area contributed by atoms with E-state index in [2.05, 4.69) is 10.6 Å². The standard InChI is InChI=1S/2C9H9FN2O3/c2*1-2-11-9(13)7-5-6(10)3-4-8(7)12(14)15/h2*3-5H,2H2,1H3,(H,11,13). The molecule has 0 aliphatic carbocycles. The van der Waals surface area contributed by atoms with Gasteiger partial charge >= 0.3 is 0 Å². The van der Waals surface area contributed by atoms with E-state index in [-0.39, 0.29) is 11.1 Å². The van der Waals surface area contributed by atoms with Crippen LogP contribution in [0.2, 0.25) is 0 Å². The van der Waals surface area contributed by atoms with Crippen LogP contribution in [0.5, 0.6) is 0 Å². The number of amides is 2. The minimum absolute atomic E-state index is 0.262. The molecule has 0 spiro atoms. The molecule has 0 bridgehead atoms. The highest BCUT2D eigenvalue weighted by Gasteiger charge is 2.21. The Bertz CT molecular complexity index is 890. The number of halogens is 2. The largest absolute Gasteiger partial charge is 0.352 e. The Kier molecular flexibility index (Phi) is 8.94. The predicted octanol–water partition coefficient (Wildman–Crippen LogP) is 2.97. The Morgan fingerprint density at radius 2 is 1.13 bits per heavy atom. The summed E-state index contributed by atoms with van der Waals surface area (Å²) < 4.78 is 25.6. The number of nitrogens with zero attached hydrogens (tertiary/aromatic N) is 2. The molecular weight excluding hydrogens is 406 g/mol. The van der Waals surface area contributed by atoms with Gasteiger partial charge in [0.25, 0.3) is 23.2 Å². The third-order valence-electron chi connectivity index (χ3n) is 3.47. The van der Waals surface area contributed by atoms with Gasteiger partial charge in [-0.15, -0.1) is 0 Å². The Hall–Kier alpha value is -3.96. The van der Waals surface area contributed by atoms with E-state index in [1.165, 1.54) is 0 Å². The highest BCUT2D eigenvalue weighted by molar-refractivity contribution is 5.98. The van der Waals surface area contributed by atoms with Gasteiger partial charge < -0.3 is 10.6 Å². The minimum Gasteiger partial charge on any atom is -0.352 e. The summed E-state index contributed by atoms with van der Waals surface area (Å²) >= 11 is 0. The maximum Gasteiger partial charge on any atom is 0.282 e. The summed E-state index contributed by atoms with van der Waals surface area (Å²) in [4.78, 5) is 42.3. The first-order chi connectivity index (χ1) is 14.1. The highest BCUT2D eigenvalue weighted by Crippen LogP contribution is 2.20. The Morgan fingerprint density at radius 1 is 0.800 bits per heavy atom. The van der Waals surface area contributed by atoms with E-state index in [1.807, 2.05) is 0 Å². The van der Waals surface area contributed by atoms with Crippen LogP contribution in [0.3, 0.4) is 0 Å². The van der Waals surface area contributed by atoms with Crippen LogP contribution in [-0.2, 0) is 0 Å². The van der Waals surface area contributed by atoms with Crippen molar-refractivity contribution >= 4 is 23.2 Å². The molecule has 0 aromatic heterocycles. The molecule has 2 aromatic rings. The van der Waals surface area contributed by atoms with Crippen LogP contribution in [-0.4, -0.2) is 34.8 Å². The summed E-state index contributed by atoms with van der Waals surface area (Å²) in [6.45, 7) is 3.99. The third kappa shape index (κ3) is 6.58. The zero-order chi connectivity index (χ0) is 22.8. The molecule has 0 saturated heterocycles. The van der Waals surface area contributed by atoms with Gasteiger partial charge in [0.1, 0.15) is 22.8 Å². The normalized spacial score (nSPS) is 9.73. The van der Waals surface area contributed by atoms with E-state index >= 15 is 0 Å². The number of hydrogen-bond donors (Lipinski definition) is 2. The van der Waals surface area contributed by atoms with Crippen molar-refractivity contribution in [3.05, 3.63) is 79.4 Å². The maximum atomic E-state index is 12.8. The fourth-order valence-electron chi connectivity index (χ4n) is 2.21. The van der Waals surface area contributed by atoms with E-state index in [0.29, 0.717) is 13.1 Å². The monoisotopic (exact) mass is 424 g/mol. The topological polar surface area (TPSA) is 144 Å². The van der Waals surface area contributed by atoms with Crippen LogP contribution in [0.4, 0.5) is 20.2 Å². The minimum atomic E-state index is -0.718. The van der Waals surface area contributed by atoms with E-state index in [9.17, 15) is 38.6 Å². The molecule has 2 N–H and O–H groups in total. The first kappa shape index (κ1) is 24.1. The molecular formula is C18H18F2N4O6. The molecule has 0 aliphatic heterocycles. The zero-order valence-electron chi connectivity index (χ0n) is 16.0. The Labute approximate surface area is 169 Å². The zero-order valence-corrected chi connectivity index (χ0v) is 16.0. The van der Waals surface area contributed by atoms with Crippen molar-refractivity contribution < 1.29 is 28.2 Å². The number of hydrogen-bond acceptors (Lipinski definition) is 6. The summed E-state index contributed by atoms with van der Waals surface area (Å²) in [5.41, 5.74) is -1.33. The Balaban J connectivity index is 0.000000300. The van der Waals surface area contributed by atoms with Crippen molar-refractivity contribution in [1.29, 1.82) is 0 Å². The van der Waals surface area contributed by atoms with Crippen molar-refractivity contribution in [2.24, 2.45) is 0 Å². The molecule has 30 heavy (non-hydrogen) atoms. The quantitative estimate of drug-likeness (QED) is 0.539. The van der Waals surface area contributed by atoms with Crippen molar-refractivity contribution in [3.63, 3.8) is 0 Å². The lowest BCUT2D eigenvalue weighted by Gasteiger charge is -2.02. The molecule has 160 valence electrons. The molecule has 0 aliphatic rings. The second kappa shape index (κ2) is 11.1. The van der Waals surface area contributed by atoms with Crippen LogP contribution in [0.1, 0.15) is 34.6 Å². The Morgan fingerprint density at radius 3 is 1.40 bits per heavy atom. The van der Waals surface area contributed by atoms with Gasteiger partial charge in [-0.25, -0.2) is 8.78 Å². The van der Waals surface area contributed by atoms with Crippen molar-refractivity contribution in [3.8, 4) is 0 Å². The fraction of sp³-hybridized carbons (Fsp3) is 0.222. The van der Waals surface area contributed by atoms with Gasteiger partial charge in [0.2, 0.25) is 0 Å². The van der Waals surface area contributed by atoms with Gasteiger partial charge in [-0.05, 0) is 38.1 Å².